The van der Waals surface area contributed by atoms with Crippen molar-refractivity contribution in [2.24, 2.45) is 7.05 Å². The first-order chi connectivity index (χ1) is 12.5. The van der Waals surface area contributed by atoms with E-state index < -0.39 is 0 Å². The molecular weight excluding hydrogens is 326 g/mol. The molecular formula is C21H21N3O2. The number of carbonyl (C=O) groups is 1. The van der Waals surface area contributed by atoms with Crippen molar-refractivity contribution in [2.45, 2.75) is 19.4 Å². The van der Waals surface area contributed by atoms with Gasteiger partial charge in [0.15, 0.2) is 0 Å². The van der Waals surface area contributed by atoms with E-state index in [4.69, 9.17) is 0 Å². The van der Waals surface area contributed by atoms with Gasteiger partial charge in [0.05, 0.1) is 17.3 Å². The summed E-state index contributed by atoms with van der Waals surface area (Å²) < 4.78 is 1.39. The van der Waals surface area contributed by atoms with Crippen molar-refractivity contribution >= 4 is 5.91 Å². The zero-order valence-electron chi connectivity index (χ0n) is 14.8. The Bertz CT molecular complexity index is 947. The molecule has 5 nitrogen and oxygen atoms in total. The number of nitrogens with zero attached hydrogens (tertiary/aromatic N) is 2. The largest absolute Gasteiger partial charge is 0.343 e. The molecule has 2 heterocycles. The lowest BCUT2D eigenvalue weighted by Gasteiger charge is -2.19. The maximum Gasteiger partial charge on any atom is 0.253 e. The Morgan fingerprint density at radius 3 is 2.54 bits per heavy atom. The lowest BCUT2D eigenvalue weighted by atomic mass is 10.0. The number of nitrogens with one attached hydrogen (secondary N) is 1. The van der Waals surface area contributed by atoms with Crippen molar-refractivity contribution in [1.29, 1.82) is 0 Å². The molecule has 1 amide bonds. The predicted molar refractivity (Wildman–Crippen MR) is 101 cm³/mol. The van der Waals surface area contributed by atoms with Gasteiger partial charge < -0.3 is 9.88 Å². The third-order valence-electron chi connectivity index (χ3n) is 4.26. The van der Waals surface area contributed by atoms with Crippen LogP contribution >= 0.6 is 0 Å². The highest BCUT2D eigenvalue weighted by atomic mass is 16.2. The lowest BCUT2D eigenvalue weighted by Crippen LogP contribution is -2.31. The zero-order chi connectivity index (χ0) is 18.5. The van der Waals surface area contributed by atoms with Crippen molar-refractivity contribution in [1.82, 2.24) is 14.9 Å². The summed E-state index contributed by atoms with van der Waals surface area (Å²) >= 11 is 0. The van der Waals surface area contributed by atoms with Crippen molar-refractivity contribution in [3.05, 3.63) is 99.7 Å². The van der Waals surface area contributed by atoms with Crippen molar-refractivity contribution in [3.63, 3.8) is 0 Å². The molecule has 0 spiro atoms. The maximum absolute atomic E-state index is 12.7. The molecule has 0 aliphatic heterocycles. The maximum atomic E-state index is 12.7. The van der Waals surface area contributed by atoms with Gasteiger partial charge in [-0.15, -0.1) is 0 Å². The Balaban J connectivity index is 1.85. The summed E-state index contributed by atoms with van der Waals surface area (Å²) in [5, 5.41) is 3.04. The summed E-state index contributed by atoms with van der Waals surface area (Å²) in [6.07, 6.45) is 3.89. The molecule has 132 valence electrons. The van der Waals surface area contributed by atoms with Gasteiger partial charge in [0.2, 0.25) is 5.56 Å². The second-order valence-electron chi connectivity index (χ2n) is 6.34. The number of hydrogen-bond donors (Lipinski definition) is 1. The van der Waals surface area contributed by atoms with Crippen LogP contribution in [0.25, 0.3) is 0 Å². The first-order valence-electron chi connectivity index (χ1n) is 8.47. The van der Waals surface area contributed by atoms with E-state index in [9.17, 15) is 9.59 Å². The van der Waals surface area contributed by atoms with Crippen LogP contribution in [0.3, 0.4) is 0 Å². The van der Waals surface area contributed by atoms with Crippen LogP contribution < -0.4 is 10.9 Å². The average Bonchev–Trinajstić information content (AvgIpc) is 2.66. The first kappa shape index (κ1) is 17.6. The summed E-state index contributed by atoms with van der Waals surface area (Å²) in [5.41, 5.74) is 3.40. The van der Waals surface area contributed by atoms with Gasteiger partial charge in [0.25, 0.3) is 5.91 Å². The summed E-state index contributed by atoms with van der Waals surface area (Å²) in [7, 11) is 1.63. The minimum absolute atomic E-state index is 0.150. The highest BCUT2D eigenvalue weighted by molar-refractivity contribution is 5.94. The van der Waals surface area contributed by atoms with E-state index in [-0.39, 0.29) is 17.5 Å². The average molecular weight is 347 g/mol. The molecule has 1 aromatic carbocycles. The van der Waals surface area contributed by atoms with E-state index in [0.717, 1.165) is 11.3 Å². The third kappa shape index (κ3) is 4.25. The van der Waals surface area contributed by atoms with E-state index >= 15 is 0 Å². The molecule has 0 saturated heterocycles. The Kier molecular flexibility index (Phi) is 5.27. The Morgan fingerprint density at radius 1 is 1.12 bits per heavy atom. The number of rotatable bonds is 5. The van der Waals surface area contributed by atoms with Crippen molar-refractivity contribution in [2.75, 3.05) is 0 Å². The highest BCUT2D eigenvalue weighted by Gasteiger charge is 2.18. The fraction of sp³-hybridized carbons (Fsp3) is 0.190. The second-order valence-corrected chi connectivity index (χ2v) is 6.34. The van der Waals surface area contributed by atoms with E-state index in [1.54, 1.807) is 25.5 Å². The Hall–Kier alpha value is -3.21. The van der Waals surface area contributed by atoms with Gasteiger partial charge >= 0.3 is 0 Å². The molecule has 0 aliphatic carbocycles. The van der Waals surface area contributed by atoms with Crippen molar-refractivity contribution < 1.29 is 4.79 Å². The van der Waals surface area contributed by atoms with Crippen LogP contribution in [0.15, 0.2) is 71.8 Å². The van der Waals surface area contributed by atoms with Gasteiger partial charge in [-0.05, 0) is 37.1 Å². The summed E-state index contributed by atoms with van der Waals surface area (Å²) in [6, 6.07) is 16.6. The van der Waals surface area contributed by atoms with Crippen molar-refractivity contribution in [3.8, 4) is 0 Å². The number of amides is 1. The smallest absolute Gasteiger partial charge is 0.253 e. The molecule has 1 N–H and O–H groups in total. The molecule has 0 bridgehead atoms. The van der Waals surface area contributed by atoms with E-state index in [1.807, 2.05) is 25.1 Å². The van der Waals surface area contributed by atoms with Gasteiger partial charge in [-0.3, -0.25) is 14.6 Å². The number of hydrogen-bond acceptors (Lipinski definition) is 3. The quantitative estimate of drug-likeness (QED) is 0.772. The van der Waals surface area contributed by atoms with Crippen LogP contribution in [-0.4, -0.2) is 15.5 Å². The number of pyridine rings is 2. The normalized spacial score (nSPS) is 11.8. The highest BCUT2D eigenvalue weighted by Crippen LogP contribution is 2.18. The van der Waals surface area contributed by atoms with Crippen LogP contribution in [0.4, 0.5) is 0 Å². The zero-order valence-corrected chi connectivity index (χ0v) is 14.8. The van der Waals surface area contributed by atoms with Gasteiger partial charge in [0, 0.05) is 25.5 Å². The molecule has 3 aromatic rings. The number of aryl methyl sites for hydroxylation is 2. The Morgan fingerprint density at radius 2 is 1.88 bits per heavy atom. The molecule has 5 heteroatoms. The molecule has 0 unspecified atom stereocenters. The Labute approximate surface area is 152 Å². The fourth-order valence-corrected chi connectivity index (χ4v) is 2.74. The number of benzene rings is 1. The molecule has 3 rings (SSSR count). The first-order valence-corrected chi connectivity index (χ1v) is 8.47. The predicted octanol–water partition coefficient (Wildman–Crippen LogP) is 2.80. The number of aromatic nitrogens is 2. The van der Waals surface area contributed by atoms with E-state index in [1.165, 1.54) is 16.2 Å². The van der Waals surface area contributed by atoms with E-state index in [0.29, 0.717) is 12.0 Å². The standard InChI is InChI=1S/C21H21N3O2/c1-15-6-8-16(9-7-15)13-19(18-5-3-4-12-22-18)23-21(26)17-10-11-20(25)24(2)14-17/h3-12,14,19H,13H2,1-2H3,(H,23,26)/t19-/m1/s1. The minimum atomic E-state index is -0.261. The molecule has 0 radical (unpaired) electrons. The number of carbonyl (C=O) groups excluding carboxylic acids is 1. The lowest BCUT2D eigenvalue weighted by molar-refractivity contribution is 0.0935. The molecule has 1 atom stereocenters. The topological polar surface area (TPSA) is 64.0 Å². The summed E-state index contributed by atoms with van der Waals surface area (Å²) in [6.45, 7) is 2.04. The van der Waals surface area contributed by atoms with Gasteiger partial charge in [0.1, 0.15) is 0 Å². The monoisotopic (exact) mass is 347 g/mol. The third-order valence-corrected chi connectivity index (χ3v) is 4.26. The molecule has 0 fully saturated rings. The SMILES string of the molecule is Cc1ccc(C[C@@H](NC(=O)c2ccc(=O)n(C)c2)c2ccccn2)cc1. The molecule has 26 heavy (non-hydrogen) atoms. The van der Waals surface area contributed by atoms with Crippen LogP contribution in [0.1, 0.15) is 33.2 Å². The summed E-state index contributed by atoms with van der Waals surface area (Å²) in [5.74, 6) is -0.233. The van der Waals surface area contributed by atoms with Crippen LogP contribution in [-0.2, 0) is 13.5 Å². The summed E-state index contributed by atoms with van der Waals surface area (Å²) in [4.78, 5) is 28.6. The molecule has 0 aliphatic rings. The fourth-order valence-electron chi connectivity index (χ4n) is 2.74. The van der Waals surface area contributed by atoms with Crippen LogP contribution in [0, 0.1) is 6.92 Å². The van der Waals surface area contributed by atoms with Gasteiger partial charge in [-0.1, -0.05) is 35.9 Å². The van der Waals surface area contributed by atoms with Gasteiger partial charge in [-0.2, -0.15) is 0 Å². The second kappa shape index (κ2) is 7.78. The van der Waals surface area contributed by atoms with E-state index in [2.05, 4.69) is 34.6 Å². The van der Waals surface area contributed by atoms with Crippen LogP contribution in [0.2, 0.25) is 0 Å². The van der Waals surface area contributed by atoms with Gasteiger partial charge in [-0.25, -0.2) is 0 Å². The molecule has 2 aromatic heterocycles. The van der Waals surface area contributed by atoms with Crippen LogP contribution in [0.5, 0.6) is 0 Å². The minimum Gasteiger partial charge on any atom is -0.343 e. The molecule has 0 saturated carbocycles.